The molecule has 0 aliphatic heterocycles. The van der Waals surface area contributed by atoms with Crippen molar-refractivity contribution in [3.8, 4) is 0 Å². The first-order valence-electron chi connectivity index (χ1n) is 9.87. The van der Waals surface area contributed by atoms with Crippen molar-refractivity contribution in [1.29, 1.82) is 0 Å². The lowest BCUT2D eigenvalue weighted by Gasteiger charge is -2.15. The standard InChI is InChI=1S/C19H20N6O.C2HF3O2/c20-9-13-1-3-17-14(7-13)2-4-18(17)24-19(26)15-5-6-21-16(8-15)10-25-11-22-23-12-25;3-2(4,5)1(6)7/h1,3,5-8,11-12,18H,2,4,9-10,20H2,(H,24,26);(H,6,7). The third-order valence-electron chi connectivity index (χ3n) is 4.96. The van der Waals surface area contributed by atoms with Gasteiger partial charge < -0.3 is 20.7 Å². The number of amides is 1. The normalized spacial score (nSPS) is 14.7. The Hall–Kier alpha value is -3.80. The number of carbonyl (C=O) groups excluding carboxylic acids is 1. The molecule has 3 aromatic rings. The SMILES string of the molecule is NCc1ccc2c(c1)CCC2NC(=O)c1ccnc(Cn2cnnc2)c1.O=C(O)C(F)(F)F. The van der Waals surface area contributed by atoms with Gasteiger partial charge in [0, 0.05) is 18.3 Å². The first-order chi connectivity index (χ1) is 15.7. The van der Waals surface area contributed by atoms with Gasteiger partial charge in [0.2, 0.25) is 0 Å². The van der Waals surface area contributed by atoms with Gasteiger partial charge >= 0.3 is 12.1 Å². The van der Waals surface area contributed by atoms with Crippen LogP contribution in [0.4, 0.5) is 13.2 Å². The third-order valence-corrected chi connectivity index (χ3v) is 4.96. The van der Waals surface area contributed by atoms with Crippen LogP contribution in [0.25, 0.3) is 0 Å². The molecule has 0 fully saturated rings. The fraction of sp³-hybridized carbons (Fsp3) is 0.286. The van der Waals surface area contributed by atoms with Crippen LogP contribution in [0.2, 0.25) is 0 Å². The number of aliphatic carboxylic acids is 1. The molecule has 2 heterocycles. The van der Waals surface area contributed by atoms with E-state index < -0.39 is 12.1 Å². The van der Waals surface area contributed by atoms with E-state index in [4.69, 9.17) is 15.6 Å². The van der Waals surface area contributed by atoms with Crippen LogP contribution < -0.4 is 11.1 Å². The highest BCUT2D eigenvalue weighted by Gasteiger charge is 2.38. The minimum Gasteiger partial charge on any atom is -0.475 e. The number of nitrogens with two attached hydrogens (primary N) is 1. The molecule has 1 amide bonds. The van der Waals surface area contributed by atoms with Crippen LogP contribution in [0.1, 0.15) is 45.2 Å². The number of hydrogen-bond donors (Lipinski definition) is 3. The quantitative estimate of drug-likeness (QED) is 0.529. The molecule has 1 unspecified atom stereocenters. The summed E-state index contributed by atoms with van der Waals surface area (Å²) in [5.74, 6) is -2.84. The molecule has 174 valence electrons. The predicted molar refractivity (Wildman–Crippen MR) is 110 cm³/mol. The molecule has 4 rings (SSSR count). The number of rotatable bonds is 5. The molecule has 1 aliphatic rings. The summed E-state index contributed by atoms with van der Waals surface area (Å²) in [6.45, 7) is 1.07. The average Bonchev–Trinajstić information content (AvgIpc) is 3.43. The number of pyridine rings is 1. The molecule has 0 radical (unpaired) electrons. The molecule has 12 heteroatoms. The summed E-state index contributed by atoms with van der Waals surface area (Å²) >= 11 is 0. The Morgan fingerprint density at radius 1 is 1.18 bits per heavy atom. The third kappa shape index (κ3) is 6.35. The van der Waals surface area contributed by atoms with Gasteiger partial charge in [0.1, 0.15) is 12.7 Å². The number of carboxylic acid groups (broad SMARTS) is 1. The lowest BCUT2D eigenvalue weighted by Crippen LogP contribution is -2.27. The van der Waals surface area contributed by atoms with Crippen molar-refractivity contribution in [2.24, 2.45) is 5.73 Å². The summed E-state index contributed by atoms with van der Waals surface area (Å²) < 4.78 is 33.5. The van der Waals surface area contributed by atoms with Crippen molar-refractivity contribution in [2.75, 3.05) is 0 Å². The largest absolute Gasteiger partial charge is 0.490 e. The minimum atomic E-state index is -5.08. The molecule has 2 aromatic heterocycles. The van der Waals surface area contributed by atoms with Crippen molar-refractivity contribution in [1.82, 2.24) is 25.1 Å². The van der Waals surface area contributed by atoms with Crippen LogP contribution in [-0.4, -0.2) is 42.9 Å². The second-order valence-electron chi connectivity index (χ2n) is 7.27. The average molecular weight is 462 g/mol. The highest BCUT2D eigenvalue weighted by atomic mass is 19.4. The molecular weight excluding hydrogens is 441 g/mol. The van der Waals surface area contributed by atoms with Crippen LogP contribution in [0.3, 0.4) is 0 Å². The Balaban J connectivity index is 0.000000383. The van der Waals surface area contributed by atoms with Crippen molar-refractivity contribution in [3.63, 3.8) is 0 Å². The highest BCUT2D eigenvalue weighted by Crippen LogP contribution is 2.32. The highest BCUT2D eigenvalue weighted by molar-refractivity contribution is 5.94. The Labute approximate surface area is 186 Å². The van der Waals surface area contributed by atoms with E-state index in [1.807, 2.05) is 16.7 Å². The number of nitrogens with one attached hydrogen (secondary N) is 1. The molecule has 33 heavy (non-hydrogen) atoms. The van der Waals surface area contributed by atoms with Gasteiger partial charge in [0.05, 0.1) is 18.3 Å². The first-order valence-corrected chi connectivity index (χ1v) is 9.87. The van der Waals surface area contributed by atoms with Gasteiger partial charge in [-0.2, -0.15) is 13.2 Å². The van der Waals surface area contributed by atoms with Gasteiger partial charge in [-0.15, -0.1) is 10.2 Å². The van der Waals surface area contributed by atoms with Crippen LogP contribution in [-0.2, 0) is 24.3 Å². The number of carboxylic acids is 1. The number of nitrogens with zero attached hydrogens (tertiary/aromatic N) is 4. The molecule has 0 saturated carbocycles. The topological polar surface area (TPSA) is 136 Å². The Morgan fingerprint density at radius 3 is 2.52 bits per heavy atom. The maximum atomic E-state index is 12.7. The lowest BCUT2D eigenvalue weighted by molar-refractivity contribution is -0.192. The molecule has 9 nitrogen and oxygen atoms in total. The van der Waals surface area contributed by atoms with E-state index >= 15 is 0 Å². The summed E-state index contributed by atoms with van der Waals surface area (Å²) in [4.78, 5) is 25.9. The molecule has 1 atom stereocenters. The maximum absolute atomic E-state index is 12.7. The molecule has 1 aliphatic carbocycles. The molecule has 0 spiro atoms. The van der Waals surface area contributed by atoms with E-state index in [0.717, 1.165) is 24.1 Å². The second-order valence-corrected chi connectivity index (χ2v) is 7.27. The smallest absolute Gasteiger partial charge is 0.475 e. The van der Waals surface area contributed by atoms with E-state index in [9.17, 15) is 18.0 Å². The predicted octanol–water partition coefficient (Wildman–Crippen LogP) is 2.23. The van der Waals surface area contributed by atoms with Crippen molar-refractivity contribution >= 4 is 11.9 Å². The zero-order valence-corrected chi connectivity index (χ0v) is 17.3. The van der Waals surface area contributed by atoms with Crippen LogP contribution in [0.15, 0.2) is 49.2 Å². The van der Waals surface area contributed by atoms with E-state index in [0.29, 0.717) is 18.7 Å². The maximum Gasteiger partial charge on any atom is 0.490 e. The molecule has 0 bridgehead atoms. The van der Waals surface area contributed by atoms with E-state index in [-0.39, 0.29) is 11.9 Å². The number of aryl methyl sites for hydroxylation is 1. The summed E-state index contributed by atoms with van der Waals surface area (Å²) in [6.07, 6.45) is 1.70. The van der Waals surface area contributed by atoms with E-state index in [2.05, 4.69) is 32.6 Å². The van der Waals surface area contributed by atoms with Gasteiger partial charge in [-0.1, -0.05) is 18.2 Å². The Morgan fingerprint density at radius 2 is 1.88 bits per heavy atom. The zero-order valence-electron chi connectivity index (χ0n) is 17.3. The fourth-order valence-electron chi connectivity index (χ4n) is 3.39. The zero-order chi connectivity index (χ0) is 24.0. The van der Waals surface area contributed by atoms with Gasteiger partial charge in [-0.3, -0.25) is 9.78 Å². The van der Waals surface area contributed by atoms with Gasteiger partial charge in [-0.05, 0) is 41.7 Å². The molecule has 0 saturated heterocycles. The first kappa shape index (κ1) is 23.9. The van der Waals surface area contributed by atoms with Gasteiger partial charge in [-0.25, -0.2) is 4.79 Å². The number of aromatic nitrogens is 4. The van der Waals surface area contributed by atoms with Crippen LogP contribution >= 0.6 is 0 Å². The number of hydrogen-bond acceptors (Lipinski definition) is 6. The molecular formula is C21H21F3N6O3. The Kier molecular flexibility index (Phi) is 7.38. The summed E-state index contributed by atoms with van der Waals surface area (Å²) in [6, 6.07) is 9.84. The van der Waals surface area contributed by atoms with Gasteiger partial charge in [0.25, 0.3) is 5.91 Å². The minimum absolute atomic E-state index is 0.0405. The summed E-state index contributed by atoms with van der Waals surface area (Å²) in [5.41, 5.74) is 10.7. The monoisotopic (exact) mass is 462 g/mol. The van der Waals surface area contributed by atoms with Crippen molar-refractivity contribution in [3.05, 3.63) is 77.1 Å². The second kappa shape index (κ2) is 10.2. The van der Waals surface area contributed by atoms with Crippen LogP contribution in [0.5, 0.6) is 0 Å². The molecule has 4 N–H and O–H groups in total. The van der Waals surface area contributed by atoms with E-state index in [1.165, 1.54) is 11.1 Å². The molecule has 1 aromatic carbocycles. The van der Waals surface area contributed by atoms with Crippen molar-refractivity contribution < 1.29 is 27.9 Å². The van der Waals surface area contributed by atoms with Crippen LogP contribution in [0, 0.1) is 0 Å². The number of fused-ring (bicyclic) bond motifs is 1. The number of carbonyl (C=O) groups is 2. The fourth-order valence-corrected chi connectivity index (χ4v) is 3.39. The lowest BCUT2D eigenvalue weighted by atomic mass is 10.0. The number of alkyl halides is 3. The number of halogens is 3. The Bertz CT molecular complexity index is 1120. The summed E-state index contributed by atoms with van der Waals surface area (Å²) in [5, 5.41) is 17.8. The number of benzene rings is 1. The van der Waals surface area contributed by atoms with E-state index in [1.54, 1.807) is 24.9 Å². The van der Waals surface area contributed by atoms with Gasteiger partial charge in [0.15, 0.2) is 0 Å². The van der Waals surface area contributed by atoms with Crippen molar-refractivity contribution in [2.45, 2.75) is 38.1 Å². The summed E-state index contributed by atoms with van der Waals surface area (Å²) in [7, 11) is 0.